The summed E-state index contributed by atoms with van der Waals surface area (Å²) in [7, 11) is -4.12. The molecule has 0 fully saturated rings. The summed E-state index contributed by atoms with van der Waals surface area (Å²) in [5.74, 6) is 0. The Balaban J connectivity index is 3.01. The molecule has 0 aliphatic carbocycles. The molecule has 4 nitrogen and oxygen atoms in total. The second kappa shape index (κ2) is 3.68. The topological polar surface area (TPSA) is 71.4 Å². The van der Waals surface area contributed by atoms with Crippen molar-refractivity contribution in [1.29, 1.82) is 0 Å². The molecule has 1 aromatic carbocycles. The Labute approximate surface area is 76.0 Å². The fourth-order valence-electron chi connectivity index (χ4n) is 0.894. The van der Waals surface area contributed by atoms with Gasteiger partial charge in [0.15, 0.2) is 0 Å². The van der Waals surface area contributed by atoms with Gasteiger partial charge in [-0.05, 0) is 17.7 Å². The highest BCUT2D eigenvalue weighted by Gasteiger charge is 2.07. The van der Waals surface area contributed by atoms with Crippen molar-refractivity contribution in [2.24, 2.45) is 0 Å². The number of rotatable bonds is 3. The highest BCUT2D eigenvalue weighted by Crippen LogP contribution is 2.09. The van der Waals surface area contributed by atoms with E-state index in [1.165, 1.54) is 24.3 Å². The normalized spacial score (nSPS) is 11.2. The maximum absolute atomic E-state index is 10.6. The van der Waals surface area contributed by atoms with Crippen LogP contribution in [0.25, 0.3) is 0 Å². The lowest BCUT2D eigenvalue weighted by Crippen LogP contribution is -1.97. The molecule has 0 aromatic heterocycles. The monoisotopic (exact) mass is 200 g/mol. The van der Waals surface area contributed by atoms with E-state index in [0.29, 0.717) is 5.56 Å². The van der Waals surface area contributed by atoms with Crippen molar-refractivity contribution in [1.82, 2.24) is 0 Å². The number of aldehydes is 1. The number of hydrogen-bond acceptors (Lipinski definition) is 3. The molecular formula is C8H8O4S. The molecular weight excluding hydrogens is 192 g/mol. The third-order valence-corrected chi connectivity index (χ3v) is 2.41. The largest absolute Gasteiger partial charge is 0.303 e. The van der Waals surface area contributed by atoms with Crippen molar-refractivity contribution in [3.8, 4) is 0 Å². The van der Waals surface area contributed by atoms with E-state index in [-0.39, 0.29) is 11.3 Å². The van der Waals surface area contributed by atoms with Crippen molar-refractivity contribution in [3.05, 3.63) is 29.8 Å². The molecule has 0 unspecified atom stereocenters. The van der Waals surface area contributed by atoms with Gasteiger partial charge in [0.2, 0.25) is 0 Å². The molecule has 0 saturated heterocycles. The summed E-state index contributed by atoms with van der Waals surface area (Å²) in [6.45, 7) is 0. The molecule has 0 aliphatic heterocycles. The Bertz CT molecular complexity index is 391. The molecule has 1 rings (SSSR count). The van der Waals surface area contributed by atoms with Crippen molar-refractivity contribution in [2.75, 3.05) is 0 Å². The zero-order chi connectivity index (χ0) is 9.90. The van der Waals surface area contributed by atoms with Crippen LogP contribution in [0.15, 0.2) is 29.2 Å². The molecule has 70 valence electrons. The highest BCUT2D eigenvalue weighted by atomic mass is 32.2. The van der Waals surface area contributed by atoms with Crippen LogP contribution in [-0.2, 0) is 21.3 Å². The van der Waals surface area contributed by atoms with Gasteiger partial charge in [-0.15, -0.1) is 0 Å². The van der Waals surface area contributed by atoms with Gasteiger partial charge in [-0.3, -0.25) is 4.55 Å². The second-order valence-electron chi connectivity index (χ2n) is 2.49. The van der Waals surface area contributed by atoms with E-state index in [1.807, 2.05) is 0 Å². The SMILES string of the molecule is O=CCc1ccc(S(=O)(=O)O)cc1. The van der Waals surface area contributed by atoms with Crippen LogP contribution < -0.4 is 0 Å². The molecule has 0 aliphatic rings. The standard InChI is InChI=1S/C8H8O4S/c9-6-5-7-1-3-8(4-2-7)13(10,11)12/h1-4,6H,5H2,(H,10,11,12). The molecule has 0 saturated carbocycles. The van der Waals surface area contributed by atoms with Crippen molar-refractivity contribution >= 4 is 16.4 Å². The molecule has 0 radical (unpaired) electrons. The van der Waals surface area contributed by atoms with E-state index in [0.717, 1.165) is 6.29 Å². The first kappa shape index (κ1) is 9.88. The van der Waals surface area contributed by atoms with Gasteiger partial charge in [-0.1, -0.05) is 12.1 Å². The molecule has 1 aromatic rings. The Morgan fingerprint density at radius 2 is 1.77 bits per heavy atom. The van der Waals surface area contributed by atoms with Gasteiger partial charge in [0.05, 0.1) is 4.90 Å². The summed E-state index contributed by atoms with van der Waals surface area (Å²) in [5.41, 5.74) is 0.711. The Hall–Kier alpha value is -1.20. The predicted octanol–water partition coefficient (Wildman–Crippen LogP) is 0.675. The minimum absolute atomic E-state index is 0.165. The van der Waals surface area contributed by atoms with E-state index in [2.05, 4.69) is 0 Å². The minimum atomic E-state index is -4.12. The lowest BCUT2D eigenvalue weighted by Gasteiger charge is -1.97. The average molecular weight is 200 g/mol. The number of hydrogen-bond donors (Lipinski definition) is 1. The first-order valence-corrected chi connectivity index (χ1v) is 4.98. The van der Waals surface area contributed by atoms with Crippen LogP contribution in [0.3, 0.4) is 0 Å². The molecule has 0 bridgehead atoms. The smallest absolute Gasteiger partial charge is 0.294 e. The van der Waals surface area contributed by atoms with Gasteiger partial charge in [0, 0.05) is 6.42 Å². The van der Waals surface area contributed by atoms with E-state index in [9.17, 15) is 13.2 Å². The first-order valence-electron chi connectivity index (χ1n) is 3.54. The zero-order valence-corrected chi connectivity index (χ0v) is 7.49. The summed E-state index contributed by atoms with van der Waals surface area (Å²) in [6, 6.07) is 5.48. The average Bonchev–Trinajstić information content (AvgIpc) is 2.04. The maximum atomic E-state index is 10.6. The van der Waals surface area contributed by atoms with Crippen molar-refractivity contribution < 1.29 is 17.8 Å². The van der Waals surface area contributed by atoms with E-state index in [1.54, 1.807) is 0 Å². The fourth-order valence-corrected chi connectivity index (χ4v) is 1.37. The van der Waals surface area contributed by atoms with E-state index >= 15 is 0 Å². The second-order valence-corrected chi connectivity index (χ2v) is 3.91. The molecule has 0 amide bonds. The fraction of sp³-hybridized carbons (Fsp3) is 0.125. The molecule has 0 heterocycles. The number of carbonyl (C=O) groups excluding carboxylic acids is 1. The van der Waals surface area contributed by atoms with Gasteiger partial charge in [-0.25, -0.2) is 0 Å². The molecule has 13 heavy (non-hydrogen) atoms. The van der Waals surface area contributed by atoms with Crippen LogP contribution in [0, 0.1) is 0 Å². The number of benzene rings is 1. The summed E-state index contributed by atoms with van der Waals surface area (Å²) in [6.07, 6.45) is 0.966. The Morgan fingerprint density at radius 3 is 2.15 bits per heavy atom. The van der Waals surface area contributed by atoms with Crippen LogP contribution in [0.2, 0.25) is 0 Å². The highest BCUT2D eigenvalue weighted by molar-refractivity contribution is 7.85. The molecule has 1 N–H and O–H groups in total. The Morgan fingerprint density at radius 1 is 1.23 bits per heavy atom. The number of carbonyl (C=O) groups is 1. The first-order chi connectivity index (χ1) is 6.04. The summed E-state index contributed by atoms with van der Waals surface area (Å²) >= 11 is 0. The van der Waals surface area contributed by atoms with Gasteiger partial charge in [-0.2, -0.15) is 8.42 Å². The van der Waals surface area contributed by atoms with Crippen LogP contribution in [-0.4, -0.2) is 19.3 Å². The van der Waals surface area contributed by atoms with Gasteiger partial charge >= 0.3 is 0 Å². The molecule has 0 atom stereocenters. The zero-order valence-electron chi connectivity index (χ0n) is 6.67. The summed E-state index contributed by atoms with van der Waals surface area (Å²) in [5, 5.41) is 0. The summed E-state index contributed by atoms with van der Waals surface area (Å²) < 4.78 is 29.8. The van der Waals surface area contributed by atoms with Crippen molar-refractivity contribution in [2.45, 2.75) is 11.3 Å². The Kier molecular flexibility index (Phi) is 2.79. The van der Waals surface area contributed by atoms with Crippen LogP contribution in [0.5, 0.6) is 0 Å². The van der Waals surface area contributed by atoms with E-state index in [4.69, 9.17) is 4.55 Å². The lowest BCUT2D eigenvalue weighted by atomic mass is 10.2. The van der Waals surface area contributed by atoms with Gasteiger partial charge in [0.25, 0.3) is 10.1 Å². The van der Waals surface area contributed by atoms with Gasteiger partial charge in [0.1, 0.15) is 6.29 Å². The third kappa shape index (κ3) is 2.64. The van der Waals surface area contributed by atoms with Crippen LogP contribution in [0.1, 0.15) is 5.56 Å². The molecule has 5 heteroatoms. The molecule has 0 spiro atoms. The quantitative estimate of drug-likeness (QED) is 0.575. The lowest BCUT2D eigenvalue weighted by molar-refractivity contribution is -0.107. The minimum Gasteiger partial charge on any atom is -0.303 e. The summed E-state index contributed by atoms with van der Waals surface area (Å²) in [4.78, 5) is 9.92. The maximum Gasteiger partial charge on any atom is 0.294 e. The predicted molar refractivity (Wildman–Crippen MR) is 46.0 cm³/mol. The van der Waals surface area contributed by atoms with E-state index < -0.39 is 10.1 Å². The third-order valence-electron chi connectivity index (χ3n) is 1.54. The van der Waals surface area contributed by atoms with Gasteiger partial charge < -0.3 is 4.79 Å². The van der Waals surface area contributed by atoms with Crippen LogP contribution >= 0.6 is 0 Å². The van der Waals surface area contributed by atoms with Crippen molar-refractivity contribution in [3.63, 3.8) is 0 Å². The van der Waals surface area contributed by atoms with Crippen LogP contribution in [0.4, 0.5) is 0 Å².